The number of aliphatic hydroxyl groups is 2. The molecule has 2 unspecified atom stereocenters. The molecule has 2 saturated carbocycles. The number of aromatic nitrogens is 3. The number of aliphatic imine (C=N–C) groups is 1. The zero-order valence-corrected chi connectivity index (χ0v) is 30.2. The maximum absolute atomic E-state index is 11.2. The molecule has 2 aliphatic carbocycles. The van der Waals surface area contributed by atoms with Gasteiger partial charge in [0, 0.05) is 36.5 Å². The highest BCUT2D eigenvalue weighted by molar-refractivity contribution is 7.78. The fraction of sp³-hybridized carbons (Fsp3) is 0.484. The summed E-state index contributed by atoms with van der Waals surface area (Å²) in [5.41, 5.74) is 3.73. The van der Waals surface area contributed by atoms with Crippen molar-refractivity contribution in [2.45, 2.75) is 79.9 Å². The predicted molar refractivity (Wildman–Crippen MR) is 193 cm³/mol. The van der Waals surface area contributed by atoms with E-state index in [1.807, 2.05) is 69.4 Å². The van der Waals surface area contributed by atoms with Gasteiger partial charge in [-0.25, -0.2) is 15.0 Å². The minimum Gasteiger partial charge on any atom is -0.386 e. The highest BCUT2D eigenvalue weighted by Crippen LogP contribution is 2.53. The van der Waals surface area contributed by atoms with Crippen molar-refractivity contribution in [2.75, 3.05) is 13.6 Å². The quantitative estimate of drug-likeness (QED) is 0.0486. The second kappa shape index (κ2) is 16.5. The molecular weight excluding hydrogens is 694 g/mol. The second-order valence-electron chi connectivity index (χ2n) is 11.2. The molecule has 0 saturated heterocycles. The van der Waals surface area contributed by atoms with E-state index in [1.165, 1.54) is 18.2 Å². The lowest BCUT2D eigenvalue weighted by atomic mass is 9.88. The van der Waals surface area contributed by atoms with Gasteiger partial charge in [-0.2, -0.15) is 0 Å². The van der Waals surface area contributed by atoms with Gasteiger partial charge in [-0.05, 0) is 61.2 Å². The van der Waals surface area contributed by atoms with Crippen LogP contribution in [0.4, 0.5) is 0 Å². The Morgan fingerprint density at radius 3 is 1.91 bits per heavy atom. The summed E-state index contributed by atoms with van der Waals surface area (Å²) in [5.74, 6) is 0. The summed E-state index contributed by atoms with van der Waals surface area (Å²) in [4.78, 5) is 6.52. The van der Waals surface area contributed by atoms with Crippen LogP contribution in [0.2, 0.25) is 10.0 Å². The summed E-state index contributed by atoms with van der Waals surface area (Å²) >= 11 is 35.3. The molecule has 45 heavy (non-hydrogen) atoms. The Hall–Kier alpha value is -1.60. The van der Waals surface area contributed by atoms with Crippen LogP contribution in [0.1, 0.15) is 50.7 Å². The van der Waals surface area contributed by atoms with Crippen LogP contribution in [0, 0.1) is 4.77 Å². The Balaban J connectivity index is 0.000000233. The SMILES string of the molecule is CC.CN(CC(O)(Cc1ccccc1Cl)C1(Cl)CC1)NC=NC=S.OC(Cc1ccccc1Cl)(Cn1[nH]cnc1=S)C1(Cl)CC1. The predicted octanol–water partition coefficient (Wildman–Crippen LogP) is 7.17. The maximum Gasteiger partial charge on any atom is 0.215 e. The molecule has 1 aromatic heterocycles. The maximum atomic E-state index is 11.2. The summed E-state index contributed by atoms with van der Waals surface area (Å²) in [5, 5.41) is 28.3. The summed E-state index contributed by atoms with van der Waals surface area (Å²) in [6.07, 6.45) is 6.87. The molecular formula is C31H40Cl4N6O2S2. The van der Waals surface area contributed by atoms with Crippen LogP contribution in [0.5, 0.6) is 0 Å². The van der Waals surface area contributed by atoms with Gasteiger partial charge in [0.1, 0.15) is 23.9 Å². The molecule has 14 heteroatoms. The normalized spacial score (nSPS) is 18.4. The number of hydrazine groups is 1. The van der Waals surface area contributed by atoms with Crippen LogP contribution in [0.15, 0.2) is 59.9 Å². The summed E-state index contributed by atoms with van der Waals surface area (Å²) in [6, 6.07) is 15.0. The Bertz CT molecular complexity index is 1500. The Morgan fingerprint density at radius 2 is 1.47 bits per heavy atom. The molecule has 0 bridgehead atoms. The molecule has 4 N–H and O–H groups in total. The van der Waals surface area contributed by atoms with E-state index in [1.54, 1.807) is 9.69 Å². The van der Waals surface area contributed by atoms with Crippen LogP contribution in [-0.4, -0.2) is 76.4 Å². The van der Waals surface area contributed by atoms with Gasteiger partial charge in [0.05, 0.1) is 21.8 Å². The van der Waals surface area contributed by atoms with Gasteiger partial charge < -0.3 is 15.6 Å². The number of hydrogen-bond donors (Lipinski definition) is 4. The molecule has 0 spiro atoms. The van der Waals surface area contributed by atoms with Crippen molar-refractivity contribution in [1.82, 2.24) is 25.2 Å². The van der Waals surface area contributed by atoms with Crippen molar-refractivity contribution in [2.24, 2.45) is 4.99 Å². The lowest BCUT2D eigenvalue weighted by Crippen LogP contribution is -2.54. The van der Waals surface area contributed by atoms with E-state index in [0.29, 0.717) is 34.2 Å². The van der Waals surface area contributed by atoms with E-state index < -0.39 is 21.0 Å². The first kappa shape index (κ1) is 37.9. The Kier molecular flexibility index (Phi) is 13.9. The number of nitrogens with one attached hydrogen (secondary N) is 2. The van der Waals surface area contributed by atoms with E-state index in [9.17, 15) is 10.2 Å². The number of H-pyrrole nitrogens is 1. The van der Waals surface area contributed by atoms with Crippen molar-refractivity contribution < 1.29 is 10.2 Å². The second-order valence-corrected chi connectivity index (χ2v) is 14.0. The molecule has 246 valence electrons. The summed E-state index contributed by atoms with van der Waals surface area (Å²) in [6.45, 7) is 4.60. The van der Waals surface area contributed by atoms with E-state index in [0.717, 1.165) is 36.8 Å². The minimum absolute atomic E-state index is 0.264. The van der Waals surface area contributed by atoms with Gasteiger partial charge in [-0.15, -0.1) is 23.2 Å². The first-order chi connectivity index (χ1) is 21.3. The number of halogens is 4. The molecule has 8 nitrogen and oxygen atoms in total. The zero-order valence-electron chi connectivity index (χ0n) is 25.5. The van der Waals surface area contributed by atoms with Crippen molar-refractivity contribution in [1.29, 1.82) is 0 Å². The largest absolute Gasteiger partial charge is 0.386 e. The highest BCUT2D eigenvalue weighted by Gasteiger charge is 2.59. The molecule has 0 aliphatic heterocycles. The van der Waals surface area contributed by atoms with Crippen LogP contribution in [0.25, 0.3) is 0 Å². The fourth-order valence-electron chi connectivity index (χ4n) is 5.03. The minimum atomic E-state index is -1.13. The van der Waals surface area contributed by atoms with E-state index >= 15 is 0 Å². The monoisotopic (exact) mass is 732 g/mol. The van der Waals surface area contributed by atoms with Gasteiger partial charge in [-0.1, -0.05) is 85.7 Å². The smallest absolute Gasteiger partial charge is 0.215 e. The van der Waals surface area contributed by atoms with Crippen molar-refractivity contribution in [3.8, 4) is 0 Å². The van der Waals surface area contributed by atoms with E-state index in [2.05, 4.69) is 32.7 Å². The Labute approximate surface area is 295 Å². The molecule has 2 fully saturated rings. The molecule has 1 heterocycles. The number of alkyl halides is 2. The molecule has 2 atom stereocenters. The average molecular weight is 735 g/mol. The van der Waals surface area contributed by atoms with Gasteiger partial charge in [0.2, 0.25) is 4.77 Å². The summed E-state index contributed by atoms with van der Waals surface area (Å²) < 4.78 is 2.03. The zero-order chi connectivity index (χ0) is 33.3. The first-order valence-electron chi connectivity index (χ1n) is 14.7. The molecule has 2 aliphatic rings. The van der Waals surface area contributed by atoms with Gasteiger partial charge in [0.15, 0.2) is 0 Å². The number of benzene rings is 2. The number of aromatic amines is 1. The fourth-order valence-corrected chi connectivity index (χ4v) is 6.11. The lowest BCUT2D eigenvalue weighted by molar-refractivity contribution is -0.00649. The number of hydrogen-bond acceptors (Lipinski definition) is 6. The average Bonchev–Trinajstić information content (AvgIpc) is 3.92. The van der Waals surface area contributed by atoms with Crippen LogP contribution >= 0.6 is 70.8 Å². The van der Waals surface area contributed by atoms with Crippen molar-refractivity contribution >= 4 is 82.7 Å². The molecule has 0 radical (unpaired) electrons. The number of rotatable bonds is 13. The third kappa shape index (κ3) is 9.95. The van der Waals surface area contributed by atoms with Crippen molar-refractivity contribution in [3.63, 3.8) is 0 Å². The standard InChI is InChI=1S/C15H19Cl2N3OS.C14H15Cl2N3OS.C2H6/c1-20(19-10-18-11-22)9-15(21,14(17)6-7-14)8-12-4-2-3-5-13(12)16;15-11-4-2-1-3-10(11)7-14(20,13(16)5-6-13)8-19-12(21)17-9-18-19;1-2/h2-5,10-11,21H,6-9H2,1H3,(H,18,19,22);1-4,9,20H,5-8H2,(H,17,18,21);1-2H3. The number of nitrogens with zero attached hydrogens (tertiary/aromatic N) is 4. The van der Waals surface area contributed by atoms with Gasteiger partial charge >= 0.3 is 0 Å². The molecule has 0 amide bonds. The highest BCUT2D eigenvalue weighted by atomic mass is 35.5. The first-order valence-corrected chi connectivity index (χ1v) is 17.1. The topological polar surface area (TPSA) is 102 Å². The van der Waals surface area contributed by atoms with Crippen LogP contribution in [-0.2, 0) is 19.4 Å². The molecule has 5 rings (SSSR count). The van der Waals surface area contributed by atoms with E-state index in [-0.39, 0.29) is 6.54 Å². The van der Waals surface area contributed by atoms with E-state index in [4.69, 9.17) is 58.6 Å². The number of thiocarbonyl (C=S) groups is 1. The third-order valence-electron chi connectivity index (χ3n) is 7.88. The van der Waals surface area contributed by atoms with Gasteiger partial charge in [-0.3, -0.25) is 9.78 Å². The lowest BCUT2D eigenvalue weighted by Gasteiger charge is -2.36. The summed E-state index contributed by atoms with van der Waals surface area (Å²) in [7, 11) is 1.82. The third-order valence-corrected chi connectivity index (χ3v) is 10.5. The van der Waals surface area contributed by atoms with Crippen LogP contribution < -0.4 is 5.43 Å². The Morgan fingerprint density at radius 1 is 0.978 bits per heavy atom. The van der Waals surface area contributed by atoms with Crippen molar-refractivity contribution in [3.05, 3.63) is 80.8 Å². The number of likely N-dealkylation sites (N-methyl/N-ethyl adjacent to an activating group) is 1. The molecule has 3 aromatic rings. The molecule has 2 aromatic carbocycles. The van der Waals surface area contributed by atoms with Crippen LogP contribution in [0.3, 0.4) is 0 Å². The van der Waals surface area contributed by atoms with Gasteiger partial charge in [0.25, 0.3) is 0 Å².